The summed E-state index contributed by atoms with van der Waals surface area (Å²) in [6, 6.07) is 3.81. The molecule has 1 fully saturated rings. The molecule has 106 valence electrons. The molecule has 0 radical (unpaired) electrons. The van der Waals surface area contributed by atoms with Crippen molar-refractivity contribution in [3.63, 3.8) is 0 Å². The molecule has 1 unspecified atom stereocenters. The van der Waals surface area contributed by atoms with Gasteiger partial charge in [0, 0.05) is 21.8 Å². The van der Waals surface area contributed by atoms with Crippen LogP contribution in [-0.2, 0) is 12.8 Å². The Morgan fingerprint density at radius 3 is 2.53 bits per heavy atom. The van der Waals surface area contributed by atoms with Gasteiger partial charge in [-0.05, 0) is 57.1 Å². The van der Waals surface area contributed by atoms with Crippen molar-refractivity contribution < 1.29 is 0 Å². The summed E-state index contributed by atoms with van der Waals surface area (Å²) in [5, 5.41) is 3.89. The quantitative estimate of drug-likeness (QED) is 0.767. The van der Waals surface area contributed by atoms with Crippen LogP contribution in [0.3, 0.4) is 0 Å². The Morgan fingerprint density at radius 2 is 1.79 bits per heavy atom. The van der Waals surface area contributed by atoms with Crippen LogP contribution in [0, 0.1) is 0 Å². The van der Waals surface area contributed by atoms with E-state index in [-0.39, 0.29) is 0 Å². The lowest BCUT2D eigenvalue weighted by Gasteiger charge is -2.21. The summed E-state index contributed by atoms with van der Waals surface area (Å²) in [5.41, 5.74) is 1.65. The van der Waals surface area contributed by atoms with E-state index in [1.54, 1.807) is 15.3 Å². The van der Waals surface area contributed by atoms with Gasteiger partial charge in [-0.1, -0.05) is 25.7 Å². The highest BCUT2D eigenvalue weighted by Crippen LogP contribution is 2.33. The highest BCUT2D eigenvalue weighted by Gasteiger charge is 2.19. The molecule has 0 aromatic carbocycles. The Kier molecular flexibility index (Phi) is 4.60. The molecule has 0 saturated heterocycles. The third kappa shape index (κ3) is 3.41. The highest BCUT2D eigenvalue weighted by molar-refractivity contribution is 7.12. The van der Waals surface area contributed by atoms with Gasteiger partial charge < -0.3 is 5.32 Å². The minimum Gasteiger partial charge on any atom is -0.307 e. The molecule has 1 atom stereocenters. The second kappa shape index (κ2) is 6.41. The van der Waals surface area contributed by atoms with Crippen molar-refractivity contribution in [1.29, 1.82) is 0 Å². The average Bonchev–Trinajstić information content (AvgIpc) is 2.70. The molecule has 1 aromatic rings. The highest BCUT2D eigenvalue weighted by atomic mass is 32.1. The minimum atomic E-state index is 0.554. The van der Waals surface area contributed by atoms with Crippen molar-refractivity contribution in [2.45, 2.75) is 83.2 Å². The van der Waals surface area contributed by atoms with Crippen molar-refractivity contribution >= 4 is 11.3 Å². The fourth-order valence-electron chi connectivity index (χ4n) is 3.61. The predicted molar refractivity (Wildman–Crippen MR) is 84.0 cm³/mol. The predicted octanol–water partition coefficient (Wildman–Crippen LogP) is 5.00. The molecule has 1 nitrogen and oxygen atoms in total. The molecule has 0 spiro atoms. The Labute approximate surface area is 121 Å². The van der Waals surface area contributed by atoms with Crippen LogP contribution < -0.4 is 5.32 Å². The van der Waals surface area contributed by atoms with Gasteiger partial charge in [0.15, 0.2) is 0 Å². The van der Waals surface area contributed by atoms with E-state index in [1.807, 2.05) is 0 Å². The molecule has 2 aliphatic carbocycles. The van der Waals surface area contributed by atoms with Gasteiger partial charge in [0.2, 0.25) is 0 Å². The van der Waals surface area contributed by atoms with Gasteiger partial charge in [0.05, 0.1) is 0 Å². The molecular formula is C17H27NS. The van der Waals surface area contributed by atoms with Crippen LogP contribution in [-0.4, -0.2) is 6.04 Å². The van der Waals surface area contributed by atoms with Crippen LogP contribution in [0.25, 0.3) is 0 Å². The Hall–Kier alpha value is -0.340. The number of hydrogen-bond donors (Lipinski definition) is 1. The van der Waals surface area contributed by atoms with E-state index in [0.29, 0.717) is 6.04 Å². The molecule has 1 aromatic heterocycles. The Morgan fingerprint density at radius 1 is 1.05 bits per heavy atom. The summed E-state index contributed by atoms with van der Waals surface area (Å²) < 4.78 is 0. The standard InChI is InChI=1S/C17H27NS/c1-13(18-15-9-4-2-3-5-10-15)17-12-14-8-6-7-11-16(14)19-17/h12-13,15,18H,2-11H2,1H3. The lowest BCUT2D eigenvalue weighted by atomic mass is 9.99. The van der Waals surface area contributed by atoms with E-state index in [9.17, 15) is 0 Å². The van der Waals surface area contributed by atoms with Gasteiger partial charge in [-0.15, -0.1) is 11.3 Å². The molecule has 3 rings (SSSR count). The van der Waals surface area contributed by atoms with Crippen molar-refractivity contribution in [1.82, 2.24) is 5.32 Å². The maximum Gasteiger partial charge on any atom is 0.0388 e. The first-order valence-electron chi connectivity index (χ1n) is 8.20. The maximum absolute atomic E-state index is 3.89. The van der Waals surface area contributed by atoms with Gasteiger partial charge in [0.1, 0.15) is 0 Å². The summed E-state index contributed by atoms with van der Waals surface area (Å²) in [6.45, 7) is 2.36. The zero-order chi connectivity index (χ0) is 13.1. The first kappa shape index (κ1) is 13.6. The van der Waals surface area contributed by atoms with Crippen LogP contribution in [0.5, 0.6) is 0 Å². The summed E-state index contributed by atoms with van der Waals surface area (Å²) in [5.74, 6) is 0. The van der Waals surface area contributed by atoms with E-state index in [0.717, 1.165) is 6.04 Å². The van der Waals surface area contributed by atoms with Crippen LogP contribution in [0.15, 0.2) is 6.07 Å². The lowest BCUT2D eigenvalue weighted by molar-refractivity contribution is 0.417. The normalized spacial score (nSPS) is 22.8. The van der Waals surface area contributed by atoms with Crippen molar-refractivity contribution in [2.75, 3.05) is 0 Å². The molecule has 0 amide bonds. The van der Waals surface area contributed by atoms with E-state index in [1.165, 1.54) is 64.2 Å². The number of nitrogens with one attached hydrogen (secondary N) is 1. The Bertz CT molecular complexity index is 378. The monoisotopic (exact) mass is 277 g/mol. The largest absolute Gasteiger partial charge is 0.307 e. The van der Waals surface area contributed by atoms with Gasteiger partial charge >= 0.3 is 0 Å². The lowest BCUT2D eigenvalue weighted by Crippen LogP contribution is -2.30. The maximum atomic E-state index is 3.89. The van der Waals surface area contributed by atoms with Gasteiger partial charge in [-0.3, -0.25) is 0 Å². The zero-order valence-electron chi connectivity index (χ0n) is 12.2. The number of hydrogen-bond acceptors (Lipinski definition) is 2. The summed E-state index contributed by atoms with van der Waals surface area (Å²) in [4.78, 5) is 3.26. The molecule has 2 aliphatic rings. The van der Waals surface area contributed by atoms with E-state index in [2.05, 4.69) is 29.6 Å². The van der Waals surface area contributed by atoms with Crippen molar-refractivity contribution in [2.24, 2.45) is 0 Å². The summed E-state index contributed by atoms with van der Waals surface area (Å²) in [7, 11) is 0. The van der Waals surface area contributed by atoms with Crippen LogP contribution in [0.2, 0.25) is 0 Å². The number of rotatable bonds is 3. The summed E-state index contributed by atoms with van der Waals surface area (Å²) in [6.07, 6.45) is 13.9. The second-order valence-corrected chi connectivity index (χ2v) is 7.55. The molecule has 0 aliphatic heterocycles. The van der Waals surface area contributed by atoms with Gasteiger partial charge in [-0.2, -0.15) is 0 Å². The fourth-order valence-corrected chi connectivity index (χ4v) is 4.88. The first-order valence-corrected chi connectivity index (χ1v) is 9.02. The van der Waals surface area contributed by atoms with Gasteiger partial charge in [0.25, 0.3) is 0 Å². The Balaban J connectivity index is 1.62. The molecule has 0 bridgehead atoms. The minimum absolute atomic E-state index is 0.554. The van der Waals surface area contributed by atoms with Crippen molar-refractivity contribution in [3.8, 4) is 0 Å². The van der Waals surface area contributed by atoms with E-state index >= 15 is 0 Å². The van der Waals surface area contributed by atoms with E-state index in [4.69, 9.17) is 0 Å². The van der Waals surface area contributed by atoms with Gasteiger partial charge in [-0.25, -0.2) is 0 Å². The molecule has 1 N–H and O–H groups in total. The van der Waals surface area contributed by atoms with Crippen molar-refractivity contribution in [3.05, 3.63) is 21.4 Å². The fraction of sp³-hybridized carbons (Fsp3) is 0.765. The SMILES string of the molecule is CC(NC1CCCCCC1)c1cc2c(s1)CCCC2. The van der Waals surface area contributed by atoms with Crippen LogP contribution >= 0.6 is 11.3 Å². The number of fused-ring (bicyclic) bond motifs is 1. The topological polar surface area (TPSA) is 12.0 Å². The third-order valence-corrected chi connectivity index (χ3v) is 6.20. The number of thiophene rings is 1. The molecular weight excluding hydrogens is 250 g/mol. The van der Waals surface area contributed by atoms with Crippen LogP contribution in [0.1, 0.15) is 79.6 Å². The second-order valence-electron chi connectivity index (χ2n) is 6.38. The summed E-state index contributed by atoms with van der Waals surface area (Å²) >= 11 is 2.07. The first-order chi connectivity index (χ1) is 9.33. The van der Waals surface area contributed by atoms with Crippen LogP contribution in [0.4, 0.5) is 0 Å². The third-order valence-electron chi connectivity index (χ3n) is 4.78. The average molecular weight is 277 g/mol. The molecule has 19 heavy (non-hydrogen) atoms. The van der Waals surface area contributed by atoms with E-state index < -0.39 is 0 Å². The molecule has 2 heteroatoms. The molecule has 1 heterocycles. The smallest absolute Gasteiger partial charge is 0.0388 e. The zero-order valence-corrected chi connectivity index (χ0v) is 13.0. The molecule has 1 saturated carbocycles. The number of aryl methyl sites for hydroxylation is 2.